The van der Waals surface area contributed by atoms with Crippen molar-refractivity contribution in [1.29, 1.82) is 0 Å². The lowest BCUT2D eigenvalue weighted by Crippen LogP contribution is -2.30. The van der Waals surface area contributed by atoms with Crippen LogP contribution in [0.15, 0.2) is 70.2 Å². The van der Waals surface area contributed by atoms with Crippen LogP contribution in [-0.2, 0) is 34.2 Å². The number of ether oxygens (including phenoxy) is 1. The van der Waals surface area contributed by atoms with Gasteiger partial charge >= 0.3 is 16.3 Å². The van der Waals surface area contributed by atoms with Crippen LogP contribution in [0, 0.1) is 5.92 Å². The molecule has 0 bridgehead atoms. The quantitative estimate of drug-likeness (QED) is 0.318. The standard InChI is InChI=1S/C25H26F3NO6S/c1-17(2)12-24(30)29(16-20-7-5-11-34-20)15-18-9-10-22(33-3)23(13-18)35-36(31,32)21-8-4-6-19(14-21)25(26,27)28/h4-11,13-14,17H,12,15-16H2,1-3H3. The van der Waals surface area contributed by atoms with Crippen LogP contribution in [0.3, 0.4) is 0 Å². The van der Waals surface area contributed by atoms with E-state index >= 15 is 0 Å². The largest absolute Gasteiger partial charge is 0.493 e. The summed E-state index contributed by atoms with van der Waals surface area (Å²) in [6.07, 6.45) is -2.92. The summed E-state index contributed by atoms with van der Waals surface area (Å²) in [4.78, 5) is 13.8. The highest BCUT2D eigenvalue weighted by molar-refractivity contribution is 7.87. The van der Waals surface area contributed by atoms with Gasteiger partial charge in [0.05, 0.1) is 25.5 Å². The Bertz CT molecular complexity index is 1290. The van der Waals surface area contributed by atoms with E-state index in [2.05, 4.69) is 0 Å². The van der Waals surface area contributed by atoms with Crippen molar-refractivity contribution in [2.24, 2.45) is 5.92 Å². The number of furan rings is 1. The van der Waals surface area contributed by atoms with E-state index in [0.717, 1.165) is 18.2 Å². The van der Waals surface area contributed by atoms with Crippen molar-refractivity contribution in [3.05, 3.63) is 77.7 Å². The van der Waals surface area contributed by atoms with Crippen LogP contribution in [-0.4, -0.2) is 26.3 Å². The molecule has 36 heavy (non-hydrogen) atoms. The van der Waals surface area contributed by atoms with E-state index in [0.29, 0.717) is 23.8 Å². The molecule has 3 rings (SSSR count). The molecule has 194 valence electrons. The molecule has 0 saturated carbocycles. The van der Waals surface area contributed by atoms with E-state index in [4.69, 9.17) is 13.3 Å². The number of benzene rings is 2. The zero-order chi connectivity index (χ0) is 26.5. The van der Waals surface area contributed by atoms with E-state index in [-0.39, 0.29) is 36.4 Å². The predicted molar refractivity (Wildman–Crippen MR) is 125 cm³/mol. The van der Waals surface area contributed by atoms with Gasteiger partial charge in [-0.15, -0.1) is 0 Å². The van der Waals surface area contributed by atoms with Gasteiger partial charge in [-0.2, -0.15) is 21.6 Å². The molecule has 7 nitrogen and oxygen atoms in total. The topological polar surface area (TPSA) is 86.0 Å². The molecule has 11 heteroatoms. The third-order valence-corrected chi connectivity index (χ3v) is 6.34. The number of rotatable bonds is 10. The number of carbonyl (C=O) groups excluding carboxylic acids is 1. The second kappa shape index (κ2) is 11.1. The van der Waals surface area contributed by atoms with Gasteiger partial charge in [-0.05, 0) is 53.9 Å². The Balaban J connectivity index is 1.90. The Kier molecular flexibility index (Phi) is 8.34. The molecular formula is C25H26F3NO6S. The fraction of sp³-hybridized carbons (Fsp3) is 0.320. The first-order chi connectivity index (χ1) is 16.9. The third-order valence-electron chi connectivity index (χ3n) is 5.11. The van der Waals surface area contributed by atoms with E-state index in [1.165, 1.54) is 25.5 Å². The van der Waals surface area contributed by atoms with E-state index in [9.17, 15) is 26.4 Å². The fourth-order valence-electron chi connectivity index (χ4n) is 3.40. The number of nitrogens with zero attached hydrogens (tertiary/aromatic N) is 1. The van der Waals surface area contributed by atoms with Crippen molar-refractivity contribution >= 4 is 16.0 Å². The lowest BCUT2D eigenvalue weighted by molar-refractivity contribution is -0.137. The summed E-state index contributed by atoms with van der Waals surface area (Å²) in [6.45, 7) is 4.14. The lowest BCUT2D eigenvalue weighted by atomic mass is 10.1. The number of hydrogen-bond donors (Lipinski definition) is 0. The monoisotopic (exact) mass is 525 g/mol. The number of methoxy groups -OCH3 is 1. The Morgan fingerprint density at radius 2 is 1.78 bits per heavy atom. The maximum Gasteiger partial charge on any atom is 0.416 e. The van der Waals surface area contributed by atoms with Crippen molar-refractivity contribution in [1.82, 2.24) is 4.90 Å². The maximum atomic E-state index is 13.1. The molecule has 0 saturated heterocycles. The van der Waals surface area contributed by atoms with Gasteiger partial charge in [-0.3, -0.25) is 4.79 Å². The Labute approximate surface area is 207 Å². The molecule has 0 fully saturated rings. The van der Waals surface area contributed by atoms with Crippen molar-refractivity contribution in [3.8, 4) is 11.5 Å². The summed E-state index contributed by atoms with van der Waals surface area (Å²) >= 11 is 0. The van der Waals surface area contributed by atoms with Gasteiger partial charge < -0.3 is 18.2 Å². The summed E-state index contributed by atoms with van der Waals surface area (Å²) in [6, 6.07) is 11.2. The zero-order valence-electron chi connectivity index (χ0n) is 19.9. The Morgan fingerprint density at radius 3 is 2.39 bits per heavy atom. The van der Waals surface area contributed by atoms with Gasteiger partial charge in [0.25, 0.3) is 0 Å². The molecule has 2 aromatic carbocycles. The average molecular weight is 526 g/mol. The third kappa shape index (κ3) is 7.03. The highest BCUT2D eigenvalue weighted by Crippen LogP contribution is 2.34. The van der Waals surface area contributed by atoms with E-state index in [1.54, 1.807) is 23.1 Å². The minimum Gasteiger partial charge on any atom is -0.493 e. The van der Waals surface area contributed by atoms with Crippen LogP contribution >= 0.6 is 0 Å². The second-order valence-corrected chi connectivity index (χ2v) is 10.0. The molecular weight excluding hydrogens is 499 g/mol. The Morgan fingerprint density at radius 1 is 1.03 bits per heavy atom. The smallest absolute Gasteiger partial charge is 0.416 e. The Hall–Kier alpha value is -3.47. The molecule has 0 N–H and O–H groups in total. The molecule has 0 aliphatic rings. The second-order valence-electron chi connectivity index (χ2n) is 8.48. The molecule has 1 amide bonds. The predicted octanol–water partition coefficient (Wildman–Crippen LogP) is 5.65. The first-order valence-electron chi connectivity index (χ1n) is 11.0. The zero-order valence-corrected chi connectivity index (χ0v) is 20.7. The number of amides is 1. The summed E-state index contributed by atoms with van der Waals surface area (Å²) in [5.74, 6) is 0.395. The van der Waals surface area contributed by atoms with E-state index < -0.39 is 26.8 Å². The first kappa shape index (κ1) is 27.1. The molecule has 0 unspecified atom stereocenters. The van der Waals surface area contributed by atoms with Crippen molar-refractivity contribution < 1.29 is 39.7 Å². The molecule has 0 aliphatic carbocycles. The minimum absolute atomic E-state index is 0.0559. The summed E-state index contributed by atoms with van der Waals surface area (Å²) in [5.41, 5.74) is -0.598. The fourth-order valence-corrected chi connectivity index (χ4v) is 4.38. The summed E-state index contributed by atoms with van der Waals surface area (Å²) < 4.78 is 80.5. The lowest BCUT2D eigenvalue weighted by Gasteiger charge is -2.23. The van der Waals surface area contributed by atoms with Crippen molar-refractivity contribution in [2.75, 3.05) is 7.11 Å². The first-order valence-corrected chi connectivity index (χ1v) is 12.4. The molecule has 1 aromatic heterocycles. The molecule has 0 spiro atoms. The molecule has 0 aliphatic heterocycles. The van der Waals surface area contributed by atoms with Gasteiger partial charge in [0.15, 0.2) is 11.5 Å². The van der Waals surface area contributed by atoms with Crippen LogP contribution in [0.4, 0.5) is 13.2 Å². The maximum absolute atomic E-state index is 13.1. The van der Waals surface area contributed by atoms with Crippen LogP contribution in [0.2, 0.25) is 0 Å². The van der Waals surface area contributed by atoms with Gasteiger partial charge in [0, 0.05) is 13.0 Å². The van der Waals surface area contributed by atoms with E-state index in [1.807, 2.05) is 13.8 Å². The molecule has 3 aromatic rings. The van der Waals surface area contributed by atoms with Crippen molar-refractivity contribution in [3.63, 3.8) is 0 Å². The highest BCUT2D eigenvalue weighted by atomic mass is 32.2. The van der Waals surface area contributed by atoms with Gasteiger partial charge in [-0.1, -0.05) is 26.0 Å². The average Bonchev–Trinajstić information content (AvgIpc) is 3.31. The molecule has 0 atom stereocenters. The molecule has 1 heterocycles. The van der Waals surface area contributed by atoms with Gasteiger partial charge in [0.1, 0.15) is 10.7 Å². The van der Waals surface area contributed by atoms with Crippen molar-refractivity contribution in [2.45, 2.75) is 44.4 Å². The van der Waals surface area contributed by atoms with Crippen LogP contribution < -0.4 is 8.92 Å². The molecule has 0 radical (unpaired) electrons. The van der Waals surface area contributed by atoms with Crippen LogP contribution in [0.5, 0.6) is 11.5 Å². The van der Waals surface area contributed by atoms with Crippen LogP contribution in [0.1, 0.15) is 37.2 Å². The normalized spacial score (nSPS) is 12.0. The van der Waals surface area contributed by atoms with Gasteiger partial charge in [0.2, 0.25) is 5.91 Å². The van der Waals surface area contributed by atoms with Gasteiger partial charge in [-0.25, -0.2) is 0 Å². The number of halogens is 3. The van der Waals surface area contributed by atoms with Crippen LogP contribution in [0.25, 0.3) is 0 Å². The SMILES string of the molecule is COc1ccc(CN(Cc2ccco2)C(=O)CC(C)C)cc1OS(=O)(=O)c1cccc(C(F)(F)F)c1. The summed E-state index contributed by atoms with van der Waals surface area (Å²) in [7, 11) is -3.32. The number of alkyl halides is 3. The summed E-state index contributed by atoms with van der Waals surface area (Å²) in [5, 5.41) is 0. The number of hydrogen-bond acceptors (Lipinski definition) is 6. The number of carbonyl (C=O) groups is 1. The minimum atomic E-state index is -4.72. The highest BCUT2D eigenvalue weighted by Gasteiger charge is 2.32.